The number of nitrogens with two attached hydrogens (primary N) is 1. The Balaban J connectivity index is 1.87. The summed E-state index contributed by atoms with van der Waals surface area (Å²) in [5.41, 5.74) is 7.36. The number of fused-ring (bicyclic) bond motifs is 1. The minimum absolute atomic E-state index is 0.0585. The molecule has 0 bridgehead atoms. The highest BCUT2D eigenvalue weighted by Gasteiger charge is 2.42. The zero-order valence-electron chi connectivity index (χ0n) is 14.7. The van der Waals surface area contributed by atoms with Crippen molar-refractivity contribution in [1.82, 2.24) is 19.8 Å². The fourth-order valence-corrected chi connectivity index (χ4v) is 4.04. The number of primary amides is 1. The maximum absolute atomic E-state index is 10.9. The summed E-state index contributed by atoms with van der Waals surface area (Å²) in [7, 11) is 6.39. The number of hydrogen-bond donors (Lipinski definition) is 2. The zero-order chi connectivity index (χ0) is 17.3. The molecule has 1 fully saturated rings. The highest BCUT2D eigenvalue weighted by atomic mass is 16.2. The molecular weight excluding hydrogens is 302 g/mol. The fraction of sp³-hybridized carbons (Fsp3) is 0.556. The lowest BCUT2D eigenvalue weighted by Gasteiger charge is -2.44. The van der Waals surface area contributed by atoms with Gasteiger partial charge in [-0.1, -0.05) is 12.1 Å². The van der Waals surface area contributed by atoms with E-state index in [2.05, 4.69) is 54.1 Å². The molecule has 3 N–H and O–H groups in total. The van der Waals surface area contributed by atoms with Crippen LogP contribution in [0.15, 0.2) is 24.3 Å². The van der Waals surface area contributed by atoms with Crippen molar-refractivity contribution in [3.63, 3.8) is 0 Å². The molecule has 1 aliphatic carbocycles. The predicted molar refractivity (Wildman–Crippen MR) is 95.6 cm³/mol. The van der Waals surface area contributed by atoms with Gasteiger partial charge >= 0.3 is 6.03 Å². The number of benzene rings is 1. The molecule has 0 aliphatic heterocycles. The van der Waals surface area contributed by atoms with Gasteiger partial charge in [0.15, 0.2) is 0 Å². The number of urea groups is 1. The number of aryl methyl sites for hydroxylation is 1. The summed E-state index contributed by atoms with van der Waals surface area (Å²) in [5, 5.41) is 2.75. The normalized spacial score (nSPS) is 24.4. The molecule has 0 radical (unpaired) electrons. The number of amides is 2. The molecule has 3 rings (SSSR count). The molecule has 2 amide bonds. The van der Waals surface area contributed by atoms with Crippen LogP contribution in [0.5, 0.6) is 0 Å². The van der Waals surface area contributed by atoms with E-state index in [-0.39, 0.29) is 5.54 Å². The molecule has 1 saturated carbocycles. The largest absolute Gasteiger partial charge is 0.352 e. The number of carbonyl (C=O) groups excluding carboxylic acids is 1. The Bertz CT molecular complexity index is 728. The number of aromatic nitrogens is 2. The van der Waals surface area contributed by atoms with Crippen molar-refractivity contribution in [3.05, 3.63) is 30.1 Å². The van der Waals surface area contributed by atoms with E-state index in [1.165, 1.54) is 5.52 Å². The maximum Gasteiger partial charge on any atom is 0.312 e. The third-order valence-electron chi connectivity index (χ3n) is 5.56. The van der Waals surface area contributed by atoms with Crippen molar-refractivity contribution >= 4 is 17.1 Å². The van der Waals surface area contributed by atoms with Crippen LogP contribution in [0, 0.1) is 5.92 Å². The molecule has 24 heavy (non-hydrogen) atoms. The number of nitrogens with one attached hydrogen (secondary N) is 1. The van der Waals surface area contributed by atoms with E-state index in [1.54, 1.807) is 0 Å². The van der Waals surface area contributed by atoms with Crippen molar-refractivity contribution in [1.29, 1.82) is 0 Å². The summed E-state index contributed by atoms with van der Waals surface area (Å²) >= 11 is 0. The minimum atomic E-state index is -0.435. The third-order valence-corrected chi connectivity index (χ3v) is 5.56. The summed E-state index contributed by atoms with van der Waals surface area (Å²) in [4.78, 5) is 18.2. The molecule has 0 unspecified atom stereocenters. The Morgan fingerprint density at radius 1 is 1.38 bits per heavy atom. The Hall–Kier alpha value is -2.08. The van der Waals surface area contributed by atoms with Gasteiger partial charge in [-0.2, -0.15) is 0 Å². The highest BCUT2D eigenvalue weighted by Crippen LogP contribution is 2.43. The Kier molecular flexibility index (Phi) is 4.49. The van der Waals surface area contributed by atoms with Gasteiger partial charge in [0, 0.05) is 13.6 Å². The SMILES string of the molecule is CN(C)C1(c2nc3ccccc3n2C)CCC(CNC(N)=O)CC1. The number of imidazole rings is 1. The summed E-state index contributed by atoms with van der Waals surface area (Å²) < 4.78 is 2.23. The van der Waals surface area contributed by atoms with Crippen LogP contribution in [0.4, 0.5) is 4.79 Å². The molecule has 1 aliphatic rings. The fourth-order valence-electron chi connectivity index (χ4n) is 4.04. The van der Waals surface area contributed by atoms with Gasteiger partial charge in [0.25, 0.3) is 0 Å². The lowest BCUT2D eigenvalue weighted by atomic mass is 9.75. The van der Waals surface area contributed by atoms with E-state index in [1.807, 2.05) is 6.07 Å². The molecule has 6 nitrogen and oxygen atoms in total. The van der Waals surface area contributed by atoms with Crippen molar-refractivity contribution in [2.24, 2.45) is 18.7 Å². The van der Waals surface area contributed by atoms with Gasteiger partial charge in [-0.3, -0.25) is 4.90 Å². The second-order valence-electron chi connectivity index (χ2n) is 7.10. The molecule has 1 aromatic carbocycles. The van der Waals surface area contributed by atoms with Crippen molar-refractivity contribution in [3.8, 4) is 0 Å². The molecule has 1 aromatic heterocycles. The molecule has 0 spiro atoms. The molecule has 0 saturated heterocycles. The Labute approximate surface area is 143 Å². The Morgan fingerprint density at radius 2 is 2.04 bits per heavy atom. The van der Waals surface area contributed by atoms with Gasteiger partial charge in [-0.25, -0.2) is 9.78 Å². The first-order chi connectivity index (χ1) is 11.4. The standard InChI is InChI=1S/C18H27N5O/c1-22(2)18(10-8-13(9-11-18)12-20-17(19)24)16-21-14-6-4-5-7-15(14)23(16)3/h4-7,13H,8-12H2,1-3H3,(H3,19,20,24). The first-order valence-corrected chi connectivity index (χ1v) is 8.57. The maximum atomic E-state index is 10.9. The van der Waals surface area contributed by atoms with E-state index < -0.39 is 6.03 Å². The van der Waals surface area contributed by atoms with Gasteiger partial charge < -0.3 is 15.6 Å². The summed E-state index contributed by atoms with van der Waals surface area (Å²) in [6, 6.07) is 7.85. The predicted octanol–water partition coefficient (Wildman–Crippen LogP) is 2.19. The molecule has 2 aromatic rings. The first kappa shape index (κ1) is 16.8. The van der Waals surface area contributed by atoms with Gasteiger partial charge in [-0.15, -0.1) is 0 Å². The van der Waals surface area contributed by atoms with Gasteiger partial charge in [-0.05, 0) is 57.8 Å². The van der Waals surface area contributed by atoms with Crippen molar-refractivity contribution in [2.75, 3.05) is 20.6 Å². The molecule has 130 valence electrons. The summed E-state index contributed by atoms with van der Waals surface area (Å²) in [5.74, 6) is 1.62. The highest BCUT2D eigenvalue weighted by molar-refractivity contribution is 5.76. The average molecular weight is 329 g/mol. The van der Waals surface area contributed by atoms with E-state index in [9.17, 15) is 4.79 Å². The number of nitrogens with zero attached hydrogens (tertiary/aromatic N) is 3. The van der Waals surface area contributed by atoms with Crippen LogP contribution in [0.25, 0.3) is 11.0 Å². The number of carbonyl (C=O) groups is 1. The second-order valence-corrected chi connectivity index (χ2v) is 7.10. The van der Waals surface area contributed by atoms with E-state index in [0.717, 1.165) is 37.0 Å². The lowest BCUT2D eigenvalue weighted by Crippen LogP contribution is -2.47. The lowest BCUT2D eigenvalue weighted by molar-refractivity contribution is 0.0669. The van der Waals surface area contributed by atoms with Crippen LogP contribution in [-0.2, 0) is 12.6 Å². The Morgan fingerprint density at radius 3 is 2.62 bits per heavy atom. The number of para-hydroxylation sites is 2. The van der Waals surface area contributed by atoms with Crippen LogP contribution < -0.4 is 11.1 Å². The molecule has 0 atom stereocenters. The molecule has 1 heterocycles. The number of rotatable bonds is 4. The zero-order valence-corrected chi connectivity index (χ0v) is 14.7. The second kappa shape index (κ2) is 6.43. The molecular formula is C18H27N5O. The van der Waals surface area contributed by atoms with Crippen LogP contribution in [0.2, 0.25) is 0 Å². The first-order valence-electron chi connectivity index (χ1n) is 8.57. The third kappa shape index (κ3) is 2.86. The van der Waals surface area contributed by atoms with E-state index in [0.29, 0.717) is 12.5 Å². The summed E-state index contributed by atoms with van der Waals surface area (Å²) in [6.45, 7) is 0.668. The van der Waals surface area contributed by atoms with Crippen molar-refractivity contribution < 1.29 is 4.79 Å². The monoisotopic (exact) mass is 329 g/mol. The van der Waals surface area contributed by atoms with Crippen LogP contribution in [0.1, 0.15) is 31.5 Å². The topological polar surface area (TPSA) is 76.2 Å². The minimum Gasteiger partial charge on any atom is -0.352 e. The van der Waals surface area contributed by atoms with Crippen LogP contribution in [-0.4, -0.2) is 41.1 Å². The van der Waals surface area contributed by atoms with Crippen LogP contribution in [0.3, 0.4) is 0 Å². The smallest absolute Gasteiger partial charge is 0.312 e. The van der Waals surface area contributed by atoms with Gasteiger partial charge in [0.05, 0.1) is 16.6 Å². The van der Waals surface area contributed by atoms with Gasteiger partial charge in [0.1, 0.15) is 5.82 Å². The average Bonchev–Trinajstić information content (AvgIpc) is 2.91. The summed E-state index contributed by atoms with van der Waals surface area (Å²) in [6.07, 6.45) is 4.17. The van der Waals surface area contributed by atoms with E-state index >= 15 is 0 Å². The number of hydrogen-bond acceptors (Lipinski definition) is 3. The van der Waals surface area contributed by atoms with Gasteiger partial charge in [0.2, 0.25) is 0 Å². The van der Waals surface area contributed by atoms with E-state index in [4.69, 9.17) is 10.7 Å². The van der Waals surface area contributed by atoms with Crippen LogP contribution >= 0.6 is 0 Å². The van der Waals surface area contributed by atoms with Crippen molar-refractivity contribution in [2.45, 2.75) is 31.2 Å². The molecule has 6 heteroatoms. The quantitative estimate of drug-likeness (QED) is 0.903.